The zero-order chi connectivity index (χ0) is 19.4. The molecule has 0 atom stereocenters. The molecule has 1 aromatic carbocycles. The third kappa shape index (κ3) is 4.22. The molecule has 1 N–H and O–H groups in total. The minimum atomic E-state index is -0.237. The fourth-order valence-corrected chi connectivity index (χ4v) is 2.69. The van der Waals surface area contributed by atoms with E-state index >= 15 is 0 Å². The summed E-state index contributed by atoms with van der Waals surface area (Å²) in [6.07, 6.45) is 0. The van der Waals surface area contributed by atoms with Gasteiger partial charge < -0.3 is 10.1 Å². The number of hydrogen-bond acceptors (Lipinski definition) is 5. The summed E-state index contributed by atoms with van der Waals surface area (Å²) in [5, 5.41) is 11.5. The Morgan fingerprint density at radius 1 is 1.11 bits per heavy atom. The summed E-state index contributed by atoms with van der Waals surface area (Å²) in [7, 11) is 1.57. The van der Waals surface area contributed by atoms with E-state index in [1.54, 1.807) is 42.1 Å². The Morgan fingerprint density at radius 2 is 1.85 bits per heavy atom. The first-order valence-electron chi connectivity index (χ1n) is 8.52. The zero-order valence-corrected chi connectivity index (χ0v) is 15.5. The van der Waals surface area contributed by atoms with Gasteiger partial charge in [0.1, 0.15) is 5.75 Å². The zero-order valence-electron chi connectivity index (χ0n) is 15.5. The number of amides is 1. The van der Waals surface area contributed by atoms with Crippen molar-refractivity contribution >= 4 is 5.91 Å². The first-order chi connectivity index (χ1) is 13.0. The number of methoxy groups -OCH3 is 1. The molecule has 8 heteroatoms. The van der Waals surface area contributed by atoms with Crippen LogP contribution in [-0.4, -0.2) is 39.1 Å². The lowest BCUT2D eigenvalue weighted by atomic mass is 10.2. The number of carbonyl (C=O) groups is 1. The molecule has 3 rings (SSSR count). The van der Waals surface area contributed by atoms with Crippen molar-refractivity contribution in [3.8, 4) is 11.6 Å². The number of aromatic nitrogens is 4. The van der Waals surface area contributed by atoms with Crippen LogP contribution >= 0.6 is 0 Å². The predicted molar refractivity (Wildman–Crippen MR) is 100 cm³/mol. The Morgan fingerprint density at radius 3 is 2.48 bits per heavy atom. The Bertz CT molecular complexity index is 1000. The maximum atomic E-state index is 12.2. The van der Waals surface area contributed by atoms with Gasteiger partial charge in [-0.25, -0.2) is 9.36 Å². The monoisotopic (exact) mass is 367 g/mol. The number of nitrogens with one attached hydrogen (secondary N) is 1. The van der Waals surface area contributed by atoms with E-state index in [0.29, 0.717) is 17.1 Å². The van der Waals surface area contributed by atoms with Gasteiger partial charge in [-0.15, -0.1) is 5.10 Å². The molecule has 0 fully saturated rings. The van der Waals surface area contributed by atoms with Crippen LogP contribution < -0.4 is 15.6 Å². The van der Waals surface area contributed by atoms with Crippen LogP contribution in [0.2, 0.25) is 0 Å². The predicted octanol–water partition coefficient (Wildman–Crippen LogP) is 1.48. The molecular formula is C19H21N5O3. The van der Waals surface area contributed by atoms with Crippen molar-refractivity contribution in [3.05, 3.63) is 69.8 Å². The quantitative estimate of drug-likeness (QED) is 0.713. The van der Waals surface area contributed by atoms with Gasteiger partial charge in [-0.3, -0.25) is 9.59 Å². The number of ether oxygens (including phenoxy) is 1. The van der Waals surface area contributed by atoms with Crippen LogP contribution in [0, 0.1) is 13.8 Å². The second kappa shape index (κ2) is 7.86. The molecule has 2 aromatic heterocycles. The summed E-state index contributed by atoms with van der Waals surface area (Å²) in [4.78, 5) is 24.2. The van der Waals surface area contributed by atoms with E-state index in [-0.39, 0.29) is 24.6 Å². The number of nitrogens with zero attached hydrogens (tertiary/aromatic N) is 4. The SMILES string of the molecule is COc1ccc(C(=O)NCCn2nc(-n3nc(C)cc3C)ccc2=O)cc1. The van der Waals surface area contributed by atoms with E-state index in [1.807, 2.05) is 19.9 Å². The Balaban J connectivity index is 1.67. The van der Waals surface area contributed by atoms with Crippen molar-refractivity contribution in [2.45, 2.75) is 20.4 Å². The third-order valence-electron chi connectivity index (χ3n) is 4.04. The van der Waals surface area contributed by atoms with Crippen LogP contribution in [0.3, 0.4) is 0 Å². The van der Waals surface area contributed by atoms with E-state index in [4.69, 9.17) is 4.74 Å². The van der Waals surface area contributed by atoms with E-state index in [1.165, 1.54) is 10.7 Å². The largest absolute Gasteiger partial charge is 0.497 e. The molecule has 140 valence electrons. The number of benzene rings is 1. The van der Waals surface area contributed by atoms with Crippen LogP contribution in [0.1, 0.15) is 21.7 Å². The fourth-order valence-electron chi connectivity index (χ4n) is 2.69. The van der Waals surface area contributed by atoms with Crippen molar-refractivity contribution in [3.63, 3.8) is 0 Å². The normalized spacial score (nSPS) is 10.6. The molecule has 27 heavy (non-hydrogen) atoms. The number of rotatable bonds is 6. The average Bonchev–Trinajstić information content (AvgIpc) is 3.01. The number of hydrogen-bond donors (Lipinski definition) is 1. The van der Waals surface area contributed by atoms with E-state index in [9.17, 15) is 9.59 Å². The number of aryl methyl sites for hydroxylation is 2. The molecule has 0 unspecified atom stereocenters. The third-order valence-corrected chi connectivity index (χ3v) is 4.04. The van der Waals surface area contributed by atoms with Crippen molar-refractivity contribution in [2.24, 2.45) is 0 Å². The van der Waals surface area contributed by atoms with Crippen LogP contribution in [0.4, 0.5) is 0 Å². The molecule has 0 saturated heterocycles. The molecule has 1 amide bonds. The second-order valence-corrected chi connectivity index (χ2v) is 6.08. The van der Waals surface area contributed by atoms with Crippen LogP contribution in [-0.2, 0) is 6.54 Å². The summed E-state index contributed by atoms with van der Waals surface area (Å²) in [5.41, 5.74) is 2.09. The lowest BCUT2D eigenvalue weighted by Gasteiger charge is -2.09. The fraction of sp³-hybridized carbons (Fsp3) is 0.263. The lowest BCUT2D eigenvalue weighted by Crippen LogP contribution is -2.32. The maximum absolute atomic E-state index is 12.2. The summed E-state index contributed by atoms with van der Waals surface area (Å²) in [5.74, 6) is 1.02. The van der Waals surface area contributed by atoms with Gasteiger partial charge in [-0.05, 0) is 50.2 Å². The molecule has 0 aliphatic carbocycles. The minimum Gasteiger partial charge on any atom is -0.497 e. The standard InChI is InChI=1S/C19H21N5O3/c1-13-12-14(2)24(21-13)17-8-9-18(25)23(22-17)11-10-20-19(26)15-4-6-16(27-3)7-5-15/h4-9,12H,10-11H2,1-3H3,(H,20,26). The minimum absolute atomic E-state index is 0.222. The first-order valence-corrected chi connectivity index (χ1v) is 8.52. The summed E-state index contributed by atoms with van der Waals surface area (Å²) >= 11 is 0. The molecule has 0 radical (unpaired) electrons. The Labute approximate surface area is 156 Å². The molecule has 8 nitrogen and oxygen atoms in total. The summed E-state index contributed by atoms with van der Waals surface area (Å²) in [6, 6.07) is 11.8. The van der Waals surface area contributed by atoms with Crippen molar-refractivity contribution in [2.75, 3.05) is 13.7 Å². The van der Waals surface area contributed by atoms with Gasteiger partial charge in [-0.2, -0.15) is 5.10 Å². The maximum Gasteiger partial charge on any atom is 0.266 e. The van der Waals surface area contributed by atoms with E-state index in [2.05, 4.69) is 15.5 Å². The van der Waals surface area contributed by atoms with Gasteiger partial charge in [0, 0.05) is 23.9 Å². The van der Waals surface area contributed by atoms with Gasteiger partial charge in [-0.1, -0.05) is 0 Å². The molecule has 0 saturated carbocycles. The topological polar surface area (TPSA) is 91.0 Å². The van der Waals surface area contributed by atoms with Gasteiger partial charge in [0.2, 0.25) is 0 Å². The van der Waals surface area contributed by atoms with Crippen molar-refractivity contribution < 1.29 is 9.53 Å². The van der Waals surface area contributed by atoms with Gasteiger partial charge in [0.15, 0.2) is 5.82 Å². The van der Waals surface area contributed by atoms with Crippen LogP contribution in [0.5, 0.6) is 5.75 Å². The Hall–Kier alpha value is -3.42. The molecule has 2 heterocycles. The highest BCUT2D eigenvalue weighted by molar-refractivity contribution is 5.94. The smallest absolute Gasteiger partial charge is 0.266 e. The highest BCUT2D eigenvalue weighted by Gasteiger charge is 2.09. The van der Waals surface area contributed by atoms with E-state index in [0.717, 1.165) is 11.4 Å². The van der Waals surface area contributed by atoms with Gasteiger partial charge in [0.25, 0.3) is 11.5 Å². The molecule has 3 aromatic rings. The molecule has 0 bridgehead atoms. The first kappa shape index (κ1) is 18.4. The molecular weight excluding hydrogens is 346 g/mol. The van der Waals surface area contributed by atoms with Gasteiger partial charge in [0.05, 0.1) is 19.3 Å². The molecule has 0 aliphatic heterocycles. The summed E-state index contributed by atoms with van der Waals surface area (Å²) < 4.78 is 8.07. The van der Waals surface area contributed by atoms with Crippen LogP contribution in [0.25, 0.3) is 5.82 Å². The average molecular weight is 367 g/mol. The Kier molecular flexibility index (Phi) is 5.35. The van der Waals surface area contributed by atoms with E-state index < -0.39 is 0 Å². The summed E-state index contributed by atoms with van der Waals surface area (Å²) in [6.45, 7) is 4.35. The highest BCUT2D eigenvalue weighted by Crippen LogP contribution is 2.11. The second-order valence-electron chi connectivity index (χ2n) is 6.08. The van der Waals surface area contributed by atoms with Gasteiger partial charge >= 0.3 is 0 Å². The van der Waals surface area contributed by atoms with Crippen molar-refractivity contribution in [1.82, 2.24) is 24.9 Å². The molecule has 0 aliphatic rings. The lowest BCUT2D eigenvalue weighted by molar-refractivity contribution is 0.0951. The number of carbonyl (C=O) groups excluding carboxylic acids is 1. The molecule has 0 spiro atoms. The van der Waals surface area contributed by atoms with Crippen LogP contribution in [0.15, 0.2) is 47.3 Å². The van der Waals surface area contributed by atoms with Crippen molar-refractivity contribution in [1.29, 1.82) is 0 Å². The highest BCUT2D eigenvalue weighted by atomic mass is 16.5.